The van der Waals surface area contributed by atoms with Crippen LogP contribution in [0.2, 0.25) is 5.02 Å². The fourth-order valence-corrected chi connectivity index (χ4v) is 3.65. The summed E-state index contributed by atoms with van der Waals surface area (Å²) in [4.78, 5) is 13.7. The van der Waals surface area contributed by atoms with Crippen LogP contribution in [0.25, 0.3) is 27.9 Å². The molecule has 2 aromatic heterocycles. The maximum absolute atomic E-state index is 13.9. The lowest BCUT2D eigenvalue weighted by Crippen LogP contribution is -2.05. The average Bonchev–Trinajstić information content (AvgIpc) is 2.87. The lowest BCUT2D eigenvalue weighted by Gasteiger charge is -2.13. The van der Waals surface area contributed by atoms with Crippen LogP contribution in [-0.2, 0) is 11.3 Å². The molecule has 2 heterocycles. The first-order valence-corrected chi connectivity index (χ1v) is 11.2. The Kier molecular flexibility index (Phi) is 7.62. The molecular formula is C27H24ClFN4O. The van der Waals surface area contributed by atoms with E-state index in [0.29, 0.717) is 24.8 Å². The van der Waals surface area contributed by atoms with Gasteiger partial charge in [-0.2, -0.15) is 0 Å². The molecule has 0 aliphatic rings. The molecule has 0 amide bonds. The van der Waals surface area contributed by atoms with Crippen molar-refractivity contribution < 1.29 is 9.13 Å². The molecule has 0 saturated carbocycles. The Morgan fingerprint density at radius 2 is 2.03 bits per heavy atom. The third-order valence-corrected chi connectivity index (χ3v) is 5.52. The molecule has 2 aromatic carbocycles. The number of nitrogens with zero attached hydrogens (tertiary/aromatic N) is 3. The maximum atomic E-state index is 13.9. The van der Waals surface area contributed by atoms with Gasteiger partial charge < -0.3 is 10.1 Å². The first-order valence-electron chi connectivity index (χ1n) is 10.8. The number of hydrogen-bond donors (Lipinski definition) is 1. The maximum Gasteiger partial charge on any atom is 0.163 e. The molecule has 0 saturated heterocycles. The Hall–Kier alpha value is -3.61. The van der Waals surface area contributed by atoms with Crippen LogP contribution >= 0.6 is 11.6 Å². The number of benzene rings is 2. The van der Waals surface area contributed by atoms with Gasteiger partial charge in [0.2, 0.25) is 0 Å². The van der Waals surface area contributed by atoms with E-state index in [1.807, 2.05) is 49.4 Å². The lowest BCUT2D eigenvalue weighted by molar-refractivity contribution is 0.234. The van der Waals surface area contributed by atoms with Crippen molar-refractivity contribution in [3.05, 3.63) is 101 Å². The summed E-state index contributed by atoms with van der Waals surface area (Å²) in [6.45, 7) is 2.85. The number of methoxy groups -OCH3 is 1. The van der Waals surface area contributed by atoms with Crippen molar-refractivity contribution in [3.8, 4) is 11.4 Å². The number of rotatable bonds is 8. The Labute approximate surface area is 203 Å². The number of nitrogens with one attached hydrogen (secondary N) is 1. The number of halogens is 2. The molecule has 0 atom stereocenters. The smallest absolute Gasteiger partial charge is 0.163 e. The summed E-state index contributed by atoms with van der Waals surface area (Å²) < 4.78 is 19.2. The summed E-state index contributed by atoms with van der Waals surface area (Å²) in [6, 6.07) is 14.6. The van der Waals surface area contributed by atoms with Crippen LogP contribution in [-0.4, -0.2) is 28.7 Å². The highest BCUT2D eigenvalue weighted by molar-refractivity contribution is 6.30. The highest BCUT2D eigenvalue weighted by atomic mass is 35.5. The molecule has 0 aliphatic heterocycles. The first-order chi connectivity index (χ1) is 16.6. The summed E-state index contributed by atoms with van der Waals surface area (Å²) in [7, 11) is 1.67. The van der Waals surface area contributed by atoms with E-state index >= 15 is 0 Å². The van der Waals surface area contributed by atoms with Crippen LogP contribution < -0.4 is 5.32 Å². The molecule has 7 heteroatoms. The van der Waals surface area contributed by atoms with E-state index < -0.39 is 5.82 Å². The molecule has 0 radical (unpaired) electrons. The van der Waals surface area contributed by atoms with Crippen LogP contribution in [0, 0.1) is 5.82 Å². The fourth-order valence-electron chi connectivity index (χ4n) is 3.54. The van der Waals surface area contributed by atoms with Gasteiger partial charge in [0.05, 0.1) is 17.1 Å². The van der Waals surface area contributed by atoms with Gasteiger partial charge >= 0.3 is 0 Å². The number of aromatic nitrogens is 3. The molecule has 5 nitrogen and oxygen atoms in total. The van der Waals surface area contributed by atoms with Gasteiger partial charge in [-0.25, -0.2) is 14.4 Å². The zero-order chi connectivity index (χ0) is 23.9. The van der Waals surface area contributed by atoms with Crippen LogP contribution in [0.5, 0.6) is 0 Å². The molecule has 172 valence electrons. The molecule has 4 rings (SSSR count). The highest BCUT2D eigenvalue weighted by Gasteiger charge is 2.12. The van der Waals surface area contributed by atoms with Crippen LogP contribution in [0.3, 0.4) is 0 Å². The van der Waals surface area contributed by atoms with Crippen LogP contribution in [0.15, 0.2) is 79.2 Å². The van der Waals surface area contributed by atoms with Gasteiger partial charge in [-0.1, -0.05) is 42.0 Å². The number of anilines is 1. The predicted molar refractivity (Wildman–Crippen MR) is 136 cm³/mol. The Morgan fingerprint density at radius 1 is 1.15 bits per heavy atom. The van der Waals surface area contributed by atoms with Gasteiger partial charge in [-0.15, -0.1) is 0 Å². The topological polar surface area (TPSA) is 59.9 Å². The third kappa shape index (κ3) is 5.47. The molecule has 0 bridgehead atoms. The lowest BCUT2D eigenvalue weighted by atomic mass is 10.0. The number of fused-ring (bicyclic) bond motifs is 1. The Balaban J connectivity index is 1.79. The zero-order valence-corrected chi connectivity index (χ0v) is 19.7. The van der Waals surface area contributed by atoms with Crippen molar-refractivity contribution in [1.82, 2.24) is 15.0 Å². The second-order valence-corrected chi connectivity index (χ2v) is 7.99. The largest absolute Gasteiger partial charge is 0.381 e. The van der Waals surface area contributed by atoms with Crippen molar-refractivity contribution in [1.29, 1.82) is 0 Å². The molecule has 1 N–H and O–H groups in total. The number of pyridine rings is 1. The first kappa shape index (κ1) is 23.5. The molecule has 0 spiro atoms. The normalized spacial score (nSPS) is 11.9. The second-order valence-electron chi connectivity index (χ2n) is 7.59. The molecule has 0 fully saturated rings. The van der Waals surface area contributed by atoms with Crippen molar-refractivity contribution in [2.45, 2.75) is 13.5 Å². The van der Waals surface area contributed by atoms with E-state index in [-0.39, 0.29) is 5.02 Å². The predicted octanol–water partition coefficient (Wildman–Crippen LogP) is 6.70. The molecule has 4 aromatic rings. The van der Waals surface area contributed by atoms with Gasteiger partial charge in [-0.05, 0) is 60.0 Å². The van der Waals surface area contributed by atoms with E-state index in [9.17, 15) is 4.39 Å². The quantitative estimate of drug-likeness (QED) is 0.288. The van der Waals surface area contributed by atoms with E-state index in [4.69, 9.17) is 26.3 Å². The summed E-state index contributed by atoms with van der Waals surface area (Å²) in [5.74, 6) is 0.750. The Morgan fingerprint density at radius 3 is 2.76 bits per heavy atom. The standard InChI is InChI=1S/C27H24ClFN4O/c1-3-5-19(11-13-34-2)20-8-10-25-22(15-20)27(31-16-18-7-9-23(28)24(29)14-18)33-26(32-25)21-6-4-12-30-17-21/h3-12,14-15,17H,13,16H2,1-2H3,(H,31,32,33)/b5-3-,19-11+. The molecule has 0 aliphatic carbocycles. The SMILES string of the molecule is C/C=C\C(=C/COC)c1ccc2nc(-c3cccnc3)nc(NCc3ccc(Cl)c(F)c3)c2c1. The van der Waals surface area contributed by atoms with Crippen molar-refractivity contribution in [3.63, 3.8) is 0 Å². The average molecular weight is 475 g/mol. The van der Waals surface area contributed by atoms with Crippen molar-refractivity contribution in [2.75, 3.05) is 19.0 Å². The summed E-state index contributed by atoms with van der Waals surface area (Å²) in [5, 5.41) is 4.31. The minimum atomic E-state index is -0.453. The van der Waals surface area contributed by atoms with Gasteiger partial charge in [0, 0.05) is 37.0 Å². The van der Waals surface area contributed by atoms with Crippen molar-refractivity contribution in [2.24, 2.45) is 0 Å². The number of hydrogen-bond acceptors (Lipinski definition) is 5. The van der Waals surface area contributed by atoms with Crippen LogP contribution in [0.4, 0.5) is 10.2 Å². The Bertz CT molecular complexity index is 1360. The van der Waals surface area contributed by atoms with E-state index in [1.54, 1.807) is 31.6 Å². The monoisotopic (exact) mass is 474 g/mol. The summed E-state index contributed by atoms with van der Waals surface area (Å²) in [5.41, 5.74) is 4.40. The summed E-state index contributed by atoms with van der Waals surface area (Å²) >= 11 is 5.83. The summed E-state index contributed by atoms with van der Waals surface area (Å²) in [6.07, 6.45) is 9.48. The zero-order valence-electron chi connectivity index (χ0n) is 18.9. The van der Waals surface area contributed by atoms with Gasteiger partial charge in [-0.3, -0.25) is 4.98 Å². The molecule has 34 heavy (non-hydrogen) atoms. The molecular weight excluding hydrogens is 451 g/mol. The van der Waals surface area contributed by atoms with Crippen LogP contribution in [0.1, 0.15) is 18.1 Å². The van der Waals surface area contributed by atoms with E-state index in [0.717, 1.165) is 33.2 Å². The van der Waals surface area contributed by atoms with Gasteiger partial charge in [0.1, 0.15) is 11.6 Å². The molecule has 0 unspecified atom stereocenters. The minimum absolute atomic E-state index is 0.0964. The van der Waals surface area contributed by atoms with E-state index in [2.05, 4.69) is 16.4 Å². The number of allylic oxidation sites excluding steroid dienone is 3. The van der Waals surface area contributed by atoms with E-state index in [1.165, 1.54) is 6.07 Å². The second kappa shape index (κ2) is 11.0. The van der Waals surface area contributed by atoms with Gasteiger partial charge in [0.25, 0.3) is 0 Å². The highest BCUT2D eigenvalue weighted by Crippen LogP contribution is 2.29. The number of ether oxygens (including phenoxy) is 1. The van der Waals surface area contributed by atoms with Gasteiger partial charge in [0.15, 0.2) is 5.82 Å². The minimum Gasteiger partial charge on any atom is -0.381 e. The fraction of sp³-hybridized carbons (Fsp3) is 0.148. The van der Waals surface area contributed by atoms with Crippen molar-refractivity contribution >= 4 is 33.9 Å². The third-order valence-electron chi connectivity index (χ3n) is 5.21.